The first kappa shape index (κ1) is 28.2. The van der Waals surface area contributed by atoms with Gasteiger partial charge in [-0.05, 0) is 66.9 Å². The number of pyridine rings is 1. The SMILES string of the molecule is CC1(c2ccc(Cl)cn2)Oc2cccc(-c3cc(F)c(Cc4nc5ccc(C(=O)O)cc5n4CC4(CF)CC4)c(F)c3)c2O1. The number of fused-ring (bicyclic) bond motifs is 2. The van der Waals surface area contributed by atoms with Gasteiger partial charge < -0.3 is 19.1 Å². The minimum absolute atomic E-state index is 0.0431. The number of alkyl halides is 1. The number of imidazole rings is 1. The maximum absolute atomic E-state index is 15.8. The number of carbonyl (C=O) groups is 1. The molecule has 7 rings (SSSR count). The van der Waals surface area contributed by atoms with Crippen LogP contribution in [-0.2, 0) is 18.8 Å². The molecule has 0 amide bonds. The third kappa shape index (κ3) is 4.83. The lowest BCUT2D eigenvalue weighted by molar-refractivity contribution is -0.0715. The molecular formula is C33H25ClF3N3O4. The highest BCUT2D eigenvalue weighted by atomic mass is 35.5. The molecule has 0 spiro atoms. The molecule has 44 heavy (non-hydrogen) atoms. The van der Waals surface area contributed by atoms with E-state index in [1.165, 1.54) is 30.5 Å². The lowest BCUT2D eigenvalue weighted by Crippen LogP contribution is -2.32. The molecule has 224 valence electrons. The van der Waals surface area contributed by atoms with E-state index >= 15 is 8.78 Å². The first-order valence-electron chi connectivity index (χ1n) is 14.0. The molecule has 1 fully saturated rings. The molecule has 7 nitrogen and oxygen atoms in total. The summed E-state index contributed by atoms with van der Waals surface area (Å²) in [6.07, 6.45) is 2.59. The number of carboxylic acids is 1. The zero-order valence-electron chi connectivity index (χ0n) is 23.4. The van der Waals surface area contributed by atoms with Gasteiger partial charge in [-0.3, -0.25) is 9.37 Å². The van der Waals surface area contributed by atoms with Gasteiger partial charge in [-0.25, -0.2) is 18.6 Å². The van der Waals surface area contributed by atoms with Crippen molar-refractivity contribution in [2.45, 2.75) is 38.5 Å². The second kappa shape index (κ2) is 10.3. The number of hydrogen-bond donors (Lipinski definition) is 1. The standard InChI is InChI=1S/C33H25ClF3N3O4/c1-32(28-8-6-20(34)15-38-28)43-27-4-2-3-21(30(27)44-32)19-11-23(36)22(24(37)12-19)14-29-39-25-7-5-18(31(41)42)13-26(25)40(29)17-33(16-35)9-10-33/h2-8,11-13,15H,9-10,14,16-17H2,1H3,(H,41,42). The van der Waals surface area contributed by atoms with E-state index in [0.29, 0.717) is 57.5 Å². The molecule has 1 N–H and O–H groups in total. The fraction of sp³-hybridized carbons (Fsp3) is 0.242. The van der Waals surface area contributed by atoms with Gasteiger partial charge in [-0.15, -0.1) is 0 Å². The first-order valence-corrected chi connectivity index (χ1v) is 14.4. The van der Waals surface area contributed by atoms with Crippen LogP contribution in [0.15, 0.2) is 66.9 Å². The monoisotopic (exact) mass is 619 g/mol. The van der Waals surface area contributed by atoms with Crippen LogP contribution in [-0.4, -0.2) is 32.3 Å². The van der Waals surface area contributed by atoms with Gasteiger partial charge in [0.05, 0.1) is 28.3 Å². The molecule has 0 bridgehead atoms. The summed E-state index contributed by atoms with van der Waals surface area (Å²) >= 11 is 5.98. The zero-order valence-corrected chi connectivity index (χ0v) is 24.2. The lowest BCUT2D eigenvalue weighted by atomic mass is 10.00. The van der Waals surface area contributed by atoms with E-state index in [9.17, 15) is 14.3 Å². The maximum Gasteiger partial charge on any atom is 0.335 e. The summed E-state index contributed by atoms with van der Waals surface area (Å²) in [7, 11) is 0. The summed E-state index contributed by atoms with van der Waals surface area (Å²) in [4.78, 5) is 20.5. The second-order valence-corrected chi connectivity index (χ2v) is 11.9. The number of nitrogens with zero attached hydrogens (tertiary/aromatic N) is 3. The normalized spacial score (nSPS) is 18.1. The van der Waals surface area contributed by atoms with Crippen LogP contribution in [0.4, 0.5) is 13.2 Å². The fourth-order valence-corrected chi connectivity index (χ4v) is 5.76. The van der Waals surface area contributed by atoms with Crippen LogP contribution in [0.25, 0.3) is 22.2 Å². The number of rotatable bonds is 8. The number of ether oxygens (including phenoxy) is 2. The van der Waals surface area contributed by atoms with Crippen molar-refractivity contribution in [1.82, 2.24) is 14.5 Å². The predicted molar refractivity (Wildman–Crippen MR) is 157 cm³/mol. The second-order valence-electron chi connectivity index (χ2n) is 11.5. The van der Waals surface area contributed by atoms with Crippen LogP contribution in [0.5, 0.6) is 11.5 Å². The number of halogens is 4. The van der Waals surface area contributed by atoms with Crippen LogP contribution >= 0.6 is 11.6 Å². The van der Waals surface area contributed by atoms with Gasteiger partial charge in [-0.2, -0.15) is 0 Å². The Balaban J connectivity index is 1.24. The molecule has 0 radical (unpaired) electrons. The Bertz CT molecular complexity index is 1940. The molecular weight excluding hydrogens is 595 g/mol. The van der Waals surface area contributed by atoms with Crippen molar-refractivity contribution in [2.24, 2.45) is 5.41 Å². The number of carboxylic acid groups (broad SMARTS) is 1. The first-order chi connectivity index (χ1) is 21.1. The van der Waals surface area contributed by atoms with Gasteiger partial charge >= 0.3 is 5.97 Å². The Morgan fingerprint density at radius 1 is 1.07 bits per heavy atom. The molecule has 1 unspecified atom stereocenters. The quantitative estimate of drug-likeness (QED) is 0.191. The van der Waals surface area contributed by atoms with Crippen molar-refractivity contribution >= 4 is 28.6 Å². The summed E-state index contributed by atoms with van der Waals surface area (Å²) in [6.45, 7) is 1.37. The summed E-state index contributed by atoms with van der Waals surface area (Å²) < 4.78 is 59.4. The zero-order chi connectivity index (χ0) is 30.8. The molecule has 2 aliphatic rings. The topological polar surface area (TPSA) is 86.5 Å². The average molecular weight is 620 g/mol. The van der Waals surface area contributed by atoms with Crippen LogP contribution in [0.1, 0.15) is 47.2 Å². The molecule has 3 aromatic carbocycles. The summed E-state index contributed by atoms with van der Waals surface area (Å²) in [6, 6.07) is 15.3. The number of para-hydroxylation sites is 1. The van der Waals surface area contributed by atoms with Gasteiger partial charge in [0.2, 0.25) is 0 Å². The Morgan fingerprint density at radius 3 is 2.50 bits per heavy atom. The largest absolute Gasteiger partial charge is 0.478 e. The van der Waals surface area contributed by atoms with Gasteiger partial charge in [-0.1, -0.05) is 23.7 Å². The average Bonchev–Trinajstić information content (AvgIpc) is 3.57. The summed E-state index contributed by atoms with van der Waals surface area (Å²) in [5, 5.41) is 9.96. The van der Waals surface area contributed by atoms with Crippen molar-refractivity contribution in [3.05, 3.63) is 106 Å². The molecule has 11 heteroatoms. The number of benzene rings is 3. The van der Waals surface area contributed by atoms with E-state index in [2.05, 4.69) is 9.97 Å². The van der Waals surface area contributed by atoms with Crippen molar-refractivity contribution in [2.75, 3.05) is 6.67 Å². The molecule has 1 aliphatic heterocycles. The summed E-state index contributed by atoms with van der Waals surface area (Å²) in [5.74, 6) is -2.97. The van der Waals surface area contributed by atoms with E-state index in [1.54, 1.807) is 47.9 Å². The summed E-state index contributed by atoms with van der Waals surface area (Å²) in [5.41, 5.74) is 1.32. The van der Waals surface area contributed by atoms with Crippen LogP contribution in [0.2, 0.25) is 5.02 Å². The van der Waals surface area contributed by atoms with Gasteiger partial charge in [0.1, 0.15) is 23.2 Å². The van der Waals surface area contributed by atoms with Crippen LogP contribution in [0, 0.1) is 17.0 Å². The predicted octanol–water partition coefficient (Wildman–Crippen LogP) is 7.71. The number of hydrogen-bond acceptors (Lipinski definition) is 5. The Kier molecular flexibility index (Phi) is 6.58. The minimum Gasteiger partial charge on any atom is -0.478 e. The Morgan fingerprint density at radius 2 is 1.84 bits per heavy atom. The van der Waals surface area contributed by atoms with Gasteiger partial charge in [0.25, 0.3) is 5.79 Å². The minimum atomic E-state index is -1.28. The van der Waals surface area contributed by atoms with E-state index in [0.717, 1.165) is 0 Å². The van der Waals surface area contributed by atoms with Crippen molar-refractivity contribution in [1.29, 1.82) is 0 Å². The fourth-order valence-electron chi connectivity index (χ4n) is 5.65. The highest BCUT2D eigenvalue weighted by molar-refractivity contribution is 6.30. The van der Waals surface area contributed by atoms with E-state index < -0.39 is 35.5 Å². The molecule has 2 aromatic heterocycles. The van der Waals surface area contributed by atoms with Crippen molar-refractivity contribution in [3.63, 3.8) is 0 Å². The van der Waals surface area contributed by atoms with Crippen LogP contribution < -0.4 is 9.47 Å². The number of aromatic nitrogens is 3. The number of aromatic carboxylic acids is 1. The Labute approximate surface area is 254 Å². The Hall–Kier alpha value is -4.57. The third-order valence-corrected chi connectivity index (χ3v) is 8.59. The van der Waals surface area contributed by atoms with Crippen molar-refractivity contribution in [3.8, 4) is 22.6 Å². The maximum atomic E-state index is 15.8. The molecule has 1 atom stereocenters. The van der Waals surface area contributed by atoms with Gasteiger partial charge in [0.15, 0.2) is 11.5 Å². The highest BCUT2D eigenvalue weighted by Gasteiger charge is 2.44. The van der Waals surface area contributed by atoms with Crippen molar-refractivity contribution < 1.29 is 32.5 Å². The third-order valence-electron chi connectivity index (χ3n) is 8.37. The molecule has 5 aromatic rings. The molecule has 3 heterocycles. The smallest absolute Gasteiger partial charge is 0.335 e. The van der Waals surface area contributed by atoms with E-state index in [1.807, 2.05) is 0 Å². The molecule has 1 saturated carbocycles. The highest BCUT2D eigenvalue weighted by Crippen LogP contribution is 2.50. The van der Waals surface area contributed by atoms with E-state index in [-0.39, 0.29) is 29.7 Å². The lowest BCUT2D eigenvalue weighted by Gasteiger charge is -2.22. The van der Waals surface area contributed by atoms with Crippen LogP contribution in [0.3, 0.4) is 0 Å². The van der Waals surface area contributed by atoms with E-state index in [4.69, 9.17) is 21.1 Å². The van der Waals surface area contributed by atoms with Gasteiger partial charge in [0, 0.05) is 42.6 Å². The molecule has 0 saturated heterocycles. The molecule has 1 aliphatic carbocycles.